The molecule has 2 rings (SSSR count). The number of halogens is 2. The third-order valence-corrected chi connectivity index (χ3v) is 3.49. The van der Waals surface area contributed by atoms with Gasteiger partial charge in [-0.3, -0.25) is 4.79 Å². The minimum Gasteiger partial charge on any atom is -0.481 e. The van der Waals surface area contributed by atoms with Crippen LogP contribution in [0.1, 0.15) is 15.9 Å². The van der Waals surface area contributed by atoms with E-state index < -0.39 is 11.7 Å². The van der Waals surface area contributed by atoms with Crippen LogP contribution in [-0.2, 0) is 0 Å². The molecule has 0 aromatic heterocycles. The number of hydrogen-bond donors (Lipinski definition) is 1. The van der Waals surface area contributed by atoms with Crippen molar-refractivity contribution in [2.45, 2.75) is 0 Å². The molecular formula is C17H12BrFN2O2. The van der Waals surface area contributed by atoms with Crippen molar-refractivity contribution in [1.29, 1.82) is 0 Å². The molecule has 1 N–H and O–H groups in total. The quantitative estimate of drug-likeness (QED) is 0.495. The smallest absolute Gasteiger partial charge is 0.271 e. The van der Waals surface area contributed by atoms with E-state index in [9.17, 15) is 9.18 Å². The standard InChI is InChI=1S/C17H12BrFN2O2/c1-2-9-23-15-7-8-16(18)13(10-15)11-20-21-17(22)12-3-5-14(19)6-4-12/h1,3-8,10-11H,9H2,(H,21,22)/b20-11-. The summed E-state index contributed by atoms with van der Waals surface area (Å²) in [5.41, 5.74) is 3.39. The summed E-state index contributed by atoms with van der Waals surface area (Å²) in [4.78, 5) is 11.8. The molecule has 2 aromatic rings. The highest BCUT2D eigenvalue weighted by Crippen LogP contribution is 2.21. The second-order valence-electron chi connectivity index (χ2n) is 4.38. The number of ether oxygens (including phenoxy) is 1. The van der Waals surface area contributed by atoms with E-state index in [1.165, 1.54) is 30.5 Å². The number of nitrogens with one attached hydrogen (secondary N) is 1. The normalized spacial score (nSPS) is 10.3. The van der Waals surface area contributed by atoms with E-state index in [1.54, 1.807) is 18.2 Å². The van der Waals surface area contributed by atoms with Crippen molar-refractivity contribution in [2.75, 3.05) is 6.61 Å². The number of terminal acetylenes is 1. The van der Waals surface area contributed by atoms with Gasteiger partial charge in [0.2, 0.25) is 0 Å². The third kappa shape index (κ3) is 4.94. The van der Waals surface area contributed by atoms with Crippen molar-refractivity contribution in [3.05, 3.63) is 63.9 Å². The lowest BCUT2D eigenvalue weighted by atomic mass is 10.2. The van der Waals surface area contributed by atoms with E-state index >= 15 is 0 Å². The van der Waals surface area contributed by atoms with E-state index in [1.807, 2.05) is 0 Å². The number of hydrazone groups is 1. The molecule has 2 aromatic carbocycles. The highest BCUT2D eigenvalue weighted by Gasteiger charge is 2.04. The number of amides is 1. The summed E-state index contributed by atoms with van der Waals surface area (Å²) in [5.74, 6) is 2.14. The van der Waals surface area contributed by atoms with Crippen LogP contribution in [0.4, 0.5) is 4.39 Å². The number of carbonyl (C=O) groups is 1. The maximum Gasteiger partial charge on any atom is 0.271 e. The van der Waals surface area contributed by atoms with Gasteiger partial charge >= 0.3 is 0 Å². The summed E-state index contributed by atoms with van der Waals surface area (Å²) < 4.78 is 18.9. The van der Waals surface area contributed by atoms with E-state index in [0.717, 1.165) is 4.47 Å². The number of rotatable bonds is 5. The van der Waals surface area contributed by atoms with Gasteiger partial charge in [-0.05, 0) is 42.5 Å². The molecule has 0 aliphatic rings. The Kier molecular flexibility index (Phi) is 5.89. The summed E-state index contributed by atoms with van der Waals surface area (Å²) in [5, 5.41) is 3.88. The van der Waals surface area contributed by atoms with Gasteiger partial charge in [-0.1, -0.05) is 21.9 Å². The summed E-state index contributed by atoms with van der Waals surface area (Å²) in [6.07, 6.45) is 6.61. The summed E-state index contributed by atoms with van der Waals surface area (Å²) >= 11 is 3.38. The number of nitrogens with zero attached hydrogens (tertiary/aromatic N) is 1. The Morgan fingerprint density at radius 3 is 2.78 bits per heavy atom. The Balaban J connectivity index is 2.03. The van der Waals surface area contributed by atoms with Crippen LogP contribution in [0.2, 0.25) is 0 Å². The molecule has 0 radical (unpaired) electrons. The molecule has 23 heavy (non-hydrogen) atoms. The second-order valence-corrected chi connectivity index (χ2v) is 5.24. The molecule has 116 valence electrons. The topological polar surface area (TPSA) is 50.7 Å². The van der Waals surface area contributed by atoms with E-state index in [4.69, 9.17) is 11.2 Å². The average Bonchev–Trinajstić information content (AvgIpc) is 2.55. The van der Waals surface area contributed by atoms with Crippen LogP contribution in [0.3, 0.4) is 0 Å². The van der Waals surface area contributed by atoms with Gasteiger partial charge in [0.05, 0.1) is 6.21 Å². The molecule has 0 aliphatic carbocycles. The highest BCUT2D eigenvalue weighted by molar-refractivity contribution is 9.10. The molecule has 0 bridgehead atoms. The van der Waals surface area contributed by atoms with Gasteiger partial charge in [0, 0.05) is 15.6 Å². The summed E-state index contributed by atoms with van der Waals surface area (Å²) in [6, 6.07) is 10.5. The van der Waals surface area contributed by atoms with E-state index in [-0.39, 0.29) is 6.61 Å². The first kappa shape index (κ1) is 16.7. The lowest BCUT2D eigenvalue weighted by molar-refractivity contribution is 0.0955. The van der Waals surface area contributed by atoms with Crippen molar-refractivity contribution >= 4 is 28.1 Å². The Morgan fingerprint density at radius 1 is 1.35 bits per heavy atom. The maximum atomic E-state index is 12.8. The molecule has 0 aliphatic heterocycles. The van der Waals surface area contributed by atoms with Gasteiger partial charge in [-0.15, -0.1) is 6.42 Å². The molecular weight excluding hydrogens is 363 g/mol. The van der Waals surface area contributed by atoms with Crippen molar-refractivity contribution in [1.82, 2.24) is 5.43 Å². The molecule has 0 unspecified atom stereocenters. The van der Waals surface area contributed by atoms with Gasteiger partial charge in [0.15, 0.2) is 0 Å². The molecule has 0 fully saturated rings. The van der Waals surface area contributed by atoms with E-state index in [0.29, 0.717) is 16.9 Å². The number of hydrogen-bond acceptors (Lipinski definition) is 3. The Hall–Kier alpha value is -2.65. The van der Waals surface area contributed by atoms with E-state index in [2.05, 4.69) is 32.4 Å². The fourth-order valence-electron chi connectivity index (χ4n) is 1.66. The van der Waals surface area contributed by atoms with Gasteiger partial charge in [0.25, 0.3) is 5.91 Å². The molecule has 1 amide bonds. The summed E-state index contributed by atoms with van der Waals surface area (Å²) in [6.45, 7) is 0.166. The fourth-order valence-corrected chi connectivity index (χ4v) is 2.01. The van der Waals surface area contributed by atoms with Crippen molar-refractivity contribution < 1.29 is 13.9 Å². The molecule has 0 heterocycles. The van der Waals surface area contributed by atoms with Crippen molar-refractivity contribution in [2.24, 2.45) is 5.10 Å². The highest BCUT2D eigenvalue weighted by atomic mass is 79.9. The van der Waals surface area contributed by atoms with Crippen LogP contribution in [0, 0.1) is 18.2 Å². The number of carbonyl (C=O) groups excluding carboxylic acids is 1. The van der Waals surface area contributed by atoms with Crippen LogP contribution >= 0.6 is 15.9 Å². The van der Waals surface area contributed by atoms with Gasteiger partial charge in [-0.2, -0.15) is 5.10 Å². The van der Waals surface area contributed by atoms with Crippen LogP contribution in [0.5, 0.6) is 5.75 Å². The zero-order valence-corrected chi connectivity index (χ0v) is 13.5. The van der Waals surface area contributed by atoms with Gasteiger partial charge in [-0.25, -0.2) is 9.82 Å². The predicted molar refractivity (Wildman–Crippen MR) is 89.9 cm³/mol. The third-order valence-electron chi connectivity index (χ3n) is 2.77. The maximum absolute atomic E-state index is 12.8. The van der Waals surface area contributed by atoms with Crippen LogP contribution in [-0.4, -0.2) is 18.7 Å². The second kappa shape index (κ2) is 8.11. The van der Waals surface area contributed by atoms with Gasteiger partial charge < -0.3 is 4.74 Å². The molecule has 0 saturated heterocycles. The van der Waals surface area contributed by atoms with Gasteiger partial charge in [0.1, 0.15) is 18.2 Å². The SMILES string of the molecule is C#CCOc1ccc(Br)c(/C=N\NC(=O)c2ccc(F)cc2)c1. The monoisotopic (exact) mass is 374 g/mol. The lowest BCUT2D eigenvalue weighted by Gasteiger charge is -2.05. The first-order valence-corrected chi connectivity index (χ1v) is 7.34. The van der Waals surface area contributed by atoms with Crippen LogP contribution in [0.25, 0.3) is 0 Å². The Labute approximate surface area is 141 Å². The summed E-state index contributed by atoms with van der Waals surface area (Å²) in [7, 11) is 0. The van der Waals surface area contributed by atoms with Crippen LogP contribution < -0.4 is 10.2 Å². The zero-order chi connectivity index (χ0) is 16.7. The first-order chi connectivity index (χ1) is 11.1. The average molecular weight is 375 g/mol. The molecule has 0 atom stereocenters. The molecule has 6 heteroatoms. The Morgan fingerprint density at radius 2 is 2.09 bits per heavy atom. The zero-order valence-electron chi connectivity index (χ0n) is 11.9. The minimum absolute atomic E-state index is 0.166. The molecule has 0 saturated carbocycles. The Bertz CT molecular complexity index is 767. The van der Waals surface area contributed by atoms with Crippen molar-refractivity contribution in [3.8, 4) is 18.1 Å². The largest absolute Gasteiger partial charge is 0.481 e. The molecule has 0 spiro atoms. The van der Waals surface area contributed by atoms with Crippen LogP contribution in [0.15, 0.2) is 52.0 Å². The fraction of sp³-hybridized carbons (Fsp3) is 0.0588. The minimum atomic E-state index is -0.433. The number of benzene rings is 2. The predicted octanol–water partition coefficient (Wildman–Crippen LogP) is 3.36. The lowest BCUT2D eigenvalue weighted by Crippen LogP contribution is -2.17. The molecule has 4 nitrogen and oxygen atoms in total. The van der Waals surface area contributed by atoms with Crippen molar-refractivity contribution in [3.63, 3.8) is 0 Å². The first-order valence-electron chi connectivity index (χ1n) is 6.55.